The fourth-order valence-corrected chi connectivity index (χ4v) is 2.10. The lowest BCUT2D eigenvalue weighted by Crippen LogP contribution is -2.27. The van der Waals surface area contributed by atoms with Gasteiger partial charge in [-0.1, -0.05) is 0 Å². The predicted molar refractivity (Wildman–Crippen MR) is 37.8 cm³/mol. The highest BCUT2D eigenvalue weighted by molar-refractivity contribution is 6.07. The number of fused-ring (bicyclic) bond motifs is 3. The zero-order valence-electron chi connectivity index (χ0n) is 7.17. The molecule has 3 fully saturated rings. The second-order valence-corrected chi connectivity index (χ2v) is 3.51. The van der Waals surface area contributed by atoms with Crippen molar-refractivity contribution in [2.45, 2.75) is 12.2 Å². The molecule has 0 aromatic heterocycles. The van der Waals surface area contributed by atoms with E-state index in [1.54, 1.807) is 0 Å². The summed E-state index contributed by atoms with van der Waals surface area (Å²) in [7, 11) is 0. The minimum absolute atomic E-state index is 0.829. The van der Waals surface area contributed by atoms with E-state index in [2.05, 4.69) is 9.47 Å². The normalized spacial score (nSPS) is 42.7. The molecule has 0 spiro atoms. The Morgan fingerprint density at radius 2 is 1.07 bits per heavy atom. The topological polar surface area (TPSA) is 96.0 Å². The Morgan fingerprint density at radius 3 is 1.47 bits per heavy atom. The van der Waals surface area contributed by atoms with Gasteiger partial charge in [0, 0.05) is 0 Å². The van der Waals surface area contributed by atoms with Crippen LogP contribution in [0.5, 0.6) is 0 Å². The fraction of sp³-hybridized carbons (Fsp3) is 0.500. The molecule has 0 unspecified atom stereocenters. The van der Waals surface area contributed by atoms with Gasteiger partial charge in [-0.2, -0.15) is 0 Å². The van der Waals surface area contributed by atoms with Gasteiger partial charge in [0.15, 0.2) is 12.2 Å². The van der Waals surface area contributed by atoms with Crippen molar-refractivity contribution < 1.29 is 33.4 Å². The Kier molecular flexibility index (Phi) is 1.38. The van der Waals surface area contributed by atoms with Gasteiger partial charge in [0.2, 0.25) is 0 Å². The van der Waals surface area contributed by atoms with Gasteiger partial charge in [-0.25, -0.2) is 9.59 Å². The van der Waals surface area contributed by atoms with Crippen LogP contribution >= 0.6 is 0 Å². The van der Waals surface area contributed by atoms with Crippen LogP contribution in [0.1, 0.15) is 0 Å². The fourth-order valence-electron chi connectivity index (χ4n) is 2.10. The van der Waals surface area contributed by atoms with Crippen molar-refractivity contribution in [2.75, 3.05) is 0 Å². The van der Waals surface area contributed by atoms with Crippen LogP contribution in [0.4, 0.5) is 0 Å². The third-order valence-corrected chi connectivity index (χ3v) is 2.74. The summed E-state index contributed by atoms with van der Waals surface area (Å²) >= 11 is 0. The first-order valence-electron chi connectivity index (χ1n) is 4.26. The molecular weight excluding hydrogens is 208 g/mol. The molecule has 0 amide bonds. The Morgan fingerprint density at radius 1 is 0.667 bits per heavy atom. The molecule has 0 aromatic carbocycles. The van der Waals surface area contributed by atoms with E-state index in [9.17, 15) is 19.2 Å². The predicted octanol–water partition coefficient (Wildman–Crippen LogP) is -1.85. The minimum Gasteiger partial charge on any atom is -0.391 e. The van der Waals surface area contributed by atoms with Crippen molar-refractivity contribution in [2.24, 2.45) is 11.8 Å². The molecule has 3 aliphatic rings. The summed E-state index contributed by atoms with van der Waals surface area (Å²) in [5, 5.41) is 0. The maximum absolute atomic E-state index is 11.2. The van der Waals surface area contributed by atoms with Crippen LogP contribution in [0.2, 0.25) is 0 Å². The van der Waals surface area contributed by atoms with Gasteiger partial charge in [-0.15, -0.1) is 0 Å². The summed E-state index contributed by atoms with van der Waals surface area (Å²) < 4.78 is 13.6. The molecule has 78 valence electrons. The van der Waals surface area contributed by atoms with Crippen molar-refractivity contribution in [3.05, 3.63) is 0 Å². The van der Waals surface area contributed by atoms with E-state index in [-0.39, 0.29) is 0 Å². The second-order valence-electron chi connectivity index (χ2n) is 3.51. The first-order valence-corrected chi connectivity index (χ1v) is 4.26. The minimum atomic E-state index is -1.13. The van der Waals surface area contributed by atoms with Gasteiger partial charge in [-0.05, 0) is 0 Å². The molecule has 0 radical (unpaired) electrons. The van der Waals surface area contributed by atoms with Crippen LogP contribution in [-0.4, -0.2) is 36.1 Å². The Labute approximate surface area is 82.3 Å². The summed E-state index contributed by atoms with van der Waals surface area (Å²) in [5.74, 6) is -5.41. The van der Waals surface area contributed by atoms with E-state index in [4.69, 9.17) is 4.74 Å². The highest BCUT2D eigenvalue weighted by Crippen LogP contribution is 2.42. The smallest absolute Gasteiger partial charge is 0.343 e. The van der Waals surface area contributed by atoms with Gasteiger partial charge in [0.25, 0.3) is 0 Å². The number of hydrogen-bond donors (Lipinski definition) is 0. The monoisotopic (exact) mass is 212 g/mol. The standard InChI is InChI=1S/C8H4O7/c9-5-1-2-4(8(12)15-6(2)10)13-3(1)7(11)14-5/h1-4H/t1-,2+,3-,4-/m1/s1. The van der Waals surface area contributed by atoms with Crippen LogP contribution in [-0.2, 0) is 33.4 Å². The molecule has 3 saturated heterocycles. The summed E-state index contributed by atoms with van der Waals surface area (Å²) in [5.41, 5.74) is 0. The van der Waals surface area contributed by atoms with Crippen LogP contribution in [0.3, 0.4) is 0 Å². The summed E-state index contributed by atoms with van der Waals surface area (Å²) in [6, 6.07) is 0. The summed E-state index contributed by atoms with van der Waals surface area (Å²) in [4.78, 5) is 44.6. The SMILES string of the molecule is O=C1OC(=O)[C@@H]2O[C@H]3C(=O)OC(=O)[C@H]3[C@@H]12. The molecule has 3 heterocycles. The first kappa shape index (κ1) is 8.54. The quantitative estimate of drug-likeness (QED) is 0.343. The van der Waals surface area contributed by atoms with Crippen LogP contribution in [0.25, 0.3) is 0 Å². The lowest BCUT2D eigenvalue weighted by atomic mass is 9.90. The number of esters is 4. The largest absolute Gasteiger partial charge is 0.391 e. The molecule has 0 aliphatic carbocycles. The summed E-state index contributed by atoms with van der Waals surface area (Å²) in [6.07, 6.45) is -2.27. The number of rotatable bonds is 0. The lowest BCUT2D eigenvalue weighted by molar-refractivity contribution is -0.160. The maximum atomic E-state index is 11.2. The molecule has 7 nitrogen and oxygen atoms in total. The summed E-state index contributed by atoms with van der Waals surface area (Å²) in [6.45, 7) is 0. The van der Waals surface area contributed by atoms with Gasteiger partial charge in [0.1, 0.15) is 11.8 Å². The molecule has 0 N–H and O–H groups in total. The van der Waals surface area contributed by atoms with Gasteiger partial charge in [-0.3, -0.25) is 9.59 Å². The number of ether oxygens (including phenoxy) is 3. The molecule has 7 heteroatoms. The number of hydrogen-bond acceptors (Lipinski definition) is 7. The third kappa shape index (κ3) is 0.878. The van der Waals surface area contributed by atoms with E-state index in [0.717, 1.165) is 0 Å². The van der Waals surface area contributed by atoms with E-state index in [0.29, 0.717) is 0 Å². The Hall–Kier alpha value is -1.76. The van der Waals surface area contributed by atoms with Crippen LogP contribution in [0.15, 0.2) is 0 Å². The van der Waals surface area contributed by atoms with Crippen molar-refractivity contribution in [1.82, 2.24) is 0 Å². The van der Waals surface area contributed by atoms with Crippen LogP contribution < -0.4 is 0 Å². The van der Waals surface area contributed by atoms with E-state index in [1.807, 2.05) is 0 Å². The van der Waals surface area contributed by atoms with Gasteiger partial charge < -0.3 is 14.2 Å². The van der Waals surface area contributed by atoms with E-state index < -0.39 is 47.9 Å². The number of cyclic esters (lactones) is 4. The third-order valence-electron chi connectivity index (χ3n) is 2.74. The molecule has 0 saturated carbocycles. The van der Waals surface area contributed by atoms with Crippen molar-refractivity contribution in [3.63, 3.8) is 0 Å². The second kappa shape index (κ2) is 2.43. The Bertz CT molecular complexity index is 373. The highest BCUT2D eigenvalue weighted by atomic mass is 16.7. The molecule has 3 aliphatic heterocycles. The molecule has 15 heavy (non-hydrogen) atoms. The van der Waals surface area contributed by atoms with Crippen molar-refractivity contribution >= 4 is 23.9 Å². The average Bonchev–Trinajstić information content (AvgIpc) is 2.72. The van der Waals surface area contributed by atoms with Crippen molar-refractivity contribution in [3.8, 4) is 0 Å². The number of carbonyl (C=O) groups is 4. The molecule has 3 rings (SSSR count). The molecule has 0 bridgehead atoms. The number of carbonyl (C=O) groups excluding carboxylic acids is 4. The van der Waals surface area contributed by atoms with E-state index in [1.165, 1.54) is 0 Å². The Balaban J connectivity index is 2.03. The highest BCUT2D eigenvalue weighted by Gasteiger charge is 2.66. The van der Waals surface area contributed by atoms with Crippen molar-refractivity contribution in [1.29, 1.82) is 0 Å². The zero-order valence-corrected chi connectivity index (χ0v) is 7.17. The first-order chi connectivity index (χ1) is 7.09. The molecular formula is C8H4O7. The maximum Gasteiger partial charge on any atom is 0.343 e. The molecule has 4 atom stereocenters. The lowest BCUT2D eigenvalue weighted by Gasteiger charge is -2.03. The van der Waals surface area contributed by atoms with E-state index >= 15 is 0 Å². The molecule has 0 aromatic rings. The van der Waals surface area contributed by atoms with Gasteiger partial charge in [0.05, 0.1) is 0 Å². The average molecular weight is 212 g/mol. The zero-order chi connectivity index (χ0) is 10.7. The van der Waals surface area contributed by atoms with Gasteiger partial charge >= 0.3 is 23.9 Å². The van der Waals surface area contributed by atoms with Crippen LogP contribution in [0, 0.1) is 11.8 Å².